The van der Waals surface area contributed by atoms with E-state index in [1.54, 1.807) is 22.8 Å². The quantitative estimate of drug-likeness (QED) is 0.249. The van der Waals surface area contributed by atoms with Crippen LogP contribution in [-0.2, 0) is 17.4 Å². The van der Waals surface area contributed by atoms with Crippen molar-refractivity contribution in [1.82, 2.24) is 4.57 Å². The number of amides is 1. The first-order valence-corrected chi connectivity index (χ1v) is 11.2. The summed E-state index contributed by atoms with van der Waals surface area (Å²) in [6, 6.07) is 15.8. The lowest BCUT2D eigenvalue weighted by molar-refractivity contribution is -0.137. The molecule has 1 atom stereocenters. The van der Waals surface area contributed by atoms with Crippen LogP contribution >= 0.6 is 0 Å². The Hall–Kier alpha value is -4.11. The number of aliphatic hydroxyl groups is 1. The minimum Gasteiger partial charge on any atom is -0.391 e. The van der Waals surface area contributed by atoms with Crippen LogP contribution < -0.4 is 10.6 Å². The van der Waals surface area contributed by atoms with Gasteiger partial charge in [0, 0.05) is 52.7 Å². The highest BCUT2D eigenvalue weighted by atomic mass is 19.4. The highest BCUT2D eigenvalue weighted by molar-refractivity contribution is 6.03. The van der Waals surface area contributed by atoms with Gasteiger partial charge in [-0.05, 0) is 66.7 Å². The van der Waals surface area contributed by atoms with Crippen LogP contribution in [0.4, 0.5) is 28.9 Å². The van der Waals surface area contributed by atoms with E-state index in [2.05, 4.69) is 10.6 Å². The maximum atomic E-state index is 13.8. The summed E-state index contributed by atoms with van der Waals surface area (Å²) in [6.45, 7) is 0.430. The Morgan fingerprint density at radius 3 is 2.61 bits per heavy atom. The van der Waals surface area contributed by atoms with Gasteiger partial charge in [0.15, 0.2) is 0 Å². The van der Waals surface area contributed by atoms with Crippen LogP contribution in [0.5, 0.6) is 0 Å². The number of alkyl halides is 3. The van der Waals surface area contributed by atoms with Gasteiger partial charge in [-0.15, -0.1) is 0 Å². The van der Waals surface area contributed by atoms with E-state index in [-0.39, 0.29) is 0 Å². The predicted octanol–water partition coefficient (Wildman–Crippen LogP) is 5.77. The van der Waals surface area contributed by atoms with Gasteiger partial charge in [0.1, 0.15) is 5.82 Å². The number of benzene rings is 3. The summed E-state index contributed by atoms with van der Waals surface area (Å²) in [5, 5.41) is 16.4. The van der Waals surface area contributed by atoms with E-state index < -0.39 is 29.6 Å². The van der Waals surface area contributed by atoms with Crippen molar-refractivity contribution in [2.24, 2.45) is 0 Å². The third kappa shape index (κ3) is 4.70. The van der Waals surface area contributed by atoms with Crippen LogP contribution in [-0.4, -0.2) is 28.2 Å². The molecule has 36 heavy (non-hydrogen) atoms. The molecule has 1 aliphatic rings. The predicted molar refractivity (Wildman–Crippen MR) is 131 cm³/mol. The van der Waals surface area contributed by atoms with Crippen LogP contribution in [0.3, 0.4) is 0 Å². The molecule has 1 unspecified atom stereocenters. The lowest BCUT2D eigenvalue weighted by Gasteiger charge is -2.24. The molecular weight excluding hydrogens is 474 g/mol. The Kier molecular flexibility index (Phi) is 6.01. The van der Waals surface area contributed by atoms with Gasteiger partial charge in [-0.2, -0.15) is 13.2 Å². The van der Waals surface area contributed by atoms with Gasteiger partial charge in [0.05, 0.1) is 17.2 Å². The van der Waals surface area contributed by atoms with Crippen molar-refractivity contribution in [1.29, 1.82) is 0 Å². The number of aromatic nitrogens is 1. The summed E-state index contributed by atoms with van der Waals surface area (Å²) >= 11 is 0. The summed E-state index contributed by atoms with van der Waals surface area (Å²) in [6.07, 6.45) is -1.81. The summed E-state index contributed by atoms with van der Waals surface area (Å²) in [7, 11) is 0. The number of β-amino-alcohol motifs (C(OH)–C–C–N with tert-alkyl or cyclic N) is 1. The Morgan fingerprint density at radius 2 is 1.86 bits per heavy atom. The fourth-order valence-electron chi connectivity index (χ4n) is 4.38. The van der Waals surface area contributed by atoms with Crippen molar-refractivity contribution < 1.29 is 27.5 Å². The van der Waals surface area contributed by atoms with Gasteiger partial charge in [-0.1, -0.05) is 6.07 Å². The van der Waals surface area contributed by atoms with E-state index in [0.29, 0.717) is 40.9 Å². The number of hydrogen-bond donors (Lipinski definition) is 3. The van der Waals surface area contributed by atoms with Gasteiger partial charge in [0.25, 0.3) is 0 Å². The molecule has 0 saturated heterocycles. The Labute approximate surface area is 203 Å². The Balaban J connectivity index is 1.47. The van der Waals surface area contributed by atoms with Crippen LogP contribution in [0.15, 0.2) is 72.8 Å². The van der Waals surface area contributed by atoms with Crippen LogP contribution in [0.1, 0.15) is 16.8 Å². The van der Waals surface area contributed by atoms with E-state index in [9.17, 15) is 27.5 Å². The second kappa shape index (κ2) is 9.16. The fourth-order valence-corrected chi connectivity index (χ4v) is 4.38. The molecule has 0 spiro atoms. The highest BCUT2D eigenvalue weighted by Crippen LogP contribution is 2.32. The monoisotopic (exact) mass is 495 g/mol. The average molecular weight is 495 g/mol. The molecule has 9 heteroatoms. The second-order valence-electron chi connectivity index (χ2n) is 8.55. The van der Waals surface area contributed by atoms with Crippen molar-refractivity contribution in [3.05, 3.63) is 95.4 Å². The zero-order valence-corrected chi connectivity index (χ0v) is 18.8. The lowest BCUT2D eigenvalue weighted by Crippen LogP contribution is -2.28. The van der Waals surface area contributed by atoms with Gasteiger partial charge >= 0.3 is 6.18 Å². The molecule has 1 aromatic heterocycles. The van der Waals surface area contributed by atoms with Crippen LogP contribution in [0, 0.1) is 5.82 Å². The van der Waals surface area contributed by atoms with E-state index >= 15 is 0 Å². The molecule has 1 aliphatic heterocycles. The smallest absolute Gasteiger partial charge is 0.391 e. The molecule has 0 bridgehead atoms. The molecule has 0 aliphatic carbocycles. The summed E-state index contributed by atoms with van der Waals surface area (Å²) in [5.41, 5.74) is 2.92. The number of hydrogen-bond acceptors (Lipinski definition) is 3. The zero-order chi connectivity index (χ0) is 25.4. The minimum atomic E-state index is -4.47. The molecule has 0 radical (unpaired) electrons. The lowest BCUT2D eigenvalue weighted by atomic mass is 9.99. The maximum Gasteiger partial charge on any atom is 0.416 e. The molecule has 3 N–H and O–H groups in total. The summed E-state index contributed by atoms with van der Waals surface area (Å²) < 4.78 is 54.6. The largest absolute Gasteiger partial charge is 0.416 e. The molecule has 3 aromatic carbocycles. The molecule has 0 saturated carbocycles. The molecular formula is C27H21F4N3O2. The molecule has 5 rings (SSSR count). The van der Waals surface area contributed by atoms with Crippen molar-refractivity contribution in [2.45, 2.75) is 18.7 Å². The first kappa shape index (κ1) is 23.6. The number of carbonyl (C=O) groups is 1. The Morgan fingerprint density at radius 1 is 1.08 bits per heavy atom. The number of nitrogens with zero attached hydrogens (tertiary/aromatic N) is 1. The minimum absolute atomic E-state index is 0.399. The molecule has 1 amide bonds. The molecule has 184 valence electrons. The summed E-state index contributed by atoms with van der Waals surface area (Å²) in [4.78, 5) is 12.8. The zero-order valence-electron chi connectivity index (χ0n) is 18.8. The first-order valence-electron chi connectivity index (χ1n) is 11.2. The summed E-state index contributed by atoms with van der Waals surface area (Å²) in [5.74, 6) is -0.885. The number of anilines is 2. The molecule has 0 fully saturated rings. The van der Waals surface area contributed by atoms with Gasteiger partial charge in [-0.25, -0.2) is 4.39 Å². The van der Waals surface area contributed by atoms with E-state index in [4.69, 9.17) is 0 Å². The maximum absolute atomic E-state index is 13.8. The van der Waals surface area contributed by atoms with E-state index in [1.807, 2.05) is 6.07 Å². The average Bonchev–Trinajstić information content (AvgIpc) is 3.20. The van der Waals surface area contributed by atoms with Crippen molar-refractivity contribution in [2.75, 3.05) is 17.2 Å². The van der Waals surface area contributed by atoms with Gasteiger partial charge in [-0.3, -0.25) is 4.79 Å². The van der Waals surface area contributed by atoms with Crippen molar-refractivity contribution >= 4 is 34.3 Å². The van der Waals surface area contributed by atoms with Gasteiger partial charge in [0.2, 0.25) is 5.91 Å². The first-order chi connectivity index (χ1) is 17.2. The SMILES string of the molecule is O=C(/C=C/c1cc2cc(F)ccc2n1-c1ccc(C(F)(F)F)cc1)Nc1cccc2c1CC(O)CN2. The van der Waals surface area contributed by atoms with E-state index in [1.165, 1.54) is 42.5 Å². The number of nitrogens with one attached hydrogen (secondary N) is 2. The Bertz CT molecular complexity index is 1470. The standard InChI is InChI=1S/C27H21F4N3O2/c28-18-6-10-25-16(12-18)13-20(34(25)19-7-4-17(5-8-19)27(29,30)31)9-11-26(36)33-24-3-1-2-23-22(24)14-21(35)15-32-23/h1-13,21,32,35H,14-15H2,(H,33,36)/b11-9+. The van der Waals surface area contributed by atoms with Crippen LogP contribution in [0.25, 0.3) is 22.7 Å². The molecule has 4 aromatic rings. The number of halogens is 4. The topological polar surface area (TPSA) is 66.3 Å². The van der Waals surface area contributed by atoms with Gasteiger partial charge < -0.3 is 20.3 Å². The number of fused-ring (bicyclic) bond motifs is 2. The third-order valence-corrected chi connectivity index (χ3v) is 6.05. The molecule has 5 nitrogen and oxygen atoms in total. The number of carbonyl (C=O) groups excluding carboxylic acids is 1. The van der Waals surface area contributed by atoms with Crippen molar-refractivity contribution in [3.8, 4) is 5.69 Å². The third-order valence-electron chi connectivity index (χ3n) is 6.05. The second-order valence-corrected chi connectivity index (χ2v) is 8.55. The highest BCUT2D eigenvalue weighted by Gasteiger charge is 2.30. The van der Waals surface area contributed by atoms with E-state index in [0.717, 1.165) is 23.4 Å². The number of aliphatic hydroxyl groups excluding tert-OH is 1. The van der Waals surface area contributed by atoms with Crippen molar-refractivity contribution in [3.63, 3.8) is 0 Å². The normalized spacial score (nSPS) is 15.6. The number of rotatable bonds is 4. The van der Waals surface area contributed by atoms with Crippen LogP contribution in [0.2, 0.25) is 0 Å². The molecule has 2 heterocycles. The fraction of sp³-hybridized carbons (Fsp3) is 0.148.